The van der Waals surface area contributed by atoms with Crippen molar-refractivity contribution in [3.8, 4) is 0 Å². The van der Waals surface area contributed by atoms with Crippen LogP contribution in [0.1, 0.15) is 25.8 Å². The molecule has 2 unspecified atom stereocenters. The Balaban J connectivity index is 1.65. The van der Waals surface area contributed by atoms with Crippen molar-refractivity contribution in [3.05, 3.63) is 29.8 Å². The summed E-state index contributed by atoms with van der Waals surface area (Å²) >= 11 is 0. The molecule has 2 rings (SSSR count). The highest BCUT2D eigenvalue weighted by atomic mass is 32.2. The Hall–Kier alpha value is -1.64. The molecule has 1 aliphatic heterocycles. The van der Waals surface area contributed by atoms with E-state index in [0.29, 0.717) is 17.1 Å². The van der Waals surface area contributed by atoms with Crippen LogP contribution in [0.2, 0.25) is 0 Å². The van der Waals surface area contributed by atoms with Crippen LogP contribution in [0.25, 0.3) is 0 Å². The predicted molar refractivity (Wildman–Crippen MR) is 114 cm³/mol. The Labute approximate surface area is 169 Å². The Bertz CT molecular complexity index is 724. The van der Waals surface area contributed by atoms with E-state index in [4.69, 9.17) is 4.74 Å². The number of hydrogen-bond acceptors (Lipinski definition) is 5. The minimum absolute atomic E-state index is 0.303. The molecule has 8 heteroatoms. The largest absolute Gasteiger partial charge is 0.373 e. The van der Waals surface area contributed by atoms with Crippen molar-refractivity contribution in [1.29, 1.82) is 0 Å². The Kier molecular flexibility index (Phi) is 8.72. The number of nitrogens with one attached hydrogen (secondary N) is 2. The first-order valence-electron chi connectivity index (χ1n) is 9.89. The lowest BCUT2D eigenvalue weighted by atomic mass is 10.1. The van der Waals surface area contributed by atoms with Crippen LogP contribution in [-0.2, 0) is 21.0 Å². The zero-order chi connectivity index (χ0) is 20.6. The van der Waals surface area contributed by atoms with Gasteiger partial charge in [0.25, 0.3) is 0 Å². The predicted octanol–water partition coefficient (Wildman–Crippen LogP) is 1.30. The van der Waals surface area contributed by atoms with Gasteiger partial charge in [0.1, 0.15) is 0 Å². The van der Waals surface area contributed by atoms with E-state index in [2.05, 4.69) is 34.4 Å². The Morgan fingerprint density at radius 2 is 1.75 bits per heavy atom. The average Bonchev–Trinajstić information content (AvgIpc) is 2.62. The molecule has 28 heavy (non-hydrogen) atoms. The quantitative estimate of drug-likeness (QED) is 0.382. The molecule has 0 bridgehead atoms. The normalized spacial score (nSPS) is 21.5. The van der Waals surface area contributed by atoms with E-state index in [0.717, 1.165) is 57.1 Å². The monoisotopic (exact) mass is 410 g/mol. The molecule has 0 spiro atoms. The van der Waals surface area contributed by atoms with Crippen LogP contribution in [0.3, 0.4) is 0 Å². The molecule has 1 aliphatic rings. The van der Waals surface area contributed by atoms with E-state index < -0.39 is 9.84 Å². The molecule has 0 aliphatic carbocycles. The fraction of sp³-hybridized carbons (Fsp3) is 0.650. The lowest BCUT2D eigenvalue weighted by molar-refractivity contribution is -0.0679. The second-order valence-corrected chi connectivity index (χ2v) is 9.48. The third kappa shape index (κ3) is 7.77. The SMILES string of the molecule is CN=C(NCCCN1CC(C)OC(C)C1)NCCc1ccc(S(C)(=O)=O)cc1. The smallest absolute Gasteiger partial charge is 0.190 e. The van der Waals surface area contributed by atoms with E-state index in [-0.39, 0.29) is 0 Å². The summed E-state index contributed by atoms with van der Waals surface area (Å²) in [7, 11) is -1.37. The highest BCUT2D eigenvalue weighted by Gasteiger charge is 2.21. The van der Waals surface area contributed by atoms with Crippen LogP contribution in [0.15, 0.2) is 34.2 Å². The number of rotatable bonds is 8. The van der Waals surface area contributed by atoms with E-state index >= 15 is 0 Å². The van der Waals surface area contributed by atoms with Gasteiger partial charge in [-0.2, -0.15) is 0 Å². The molecular formula is C20H34N4O3S. The van der Waals surface area contributed by atoms with Crippen LogP contribution < -0.4 is 10.6 Å². The number of morpholine rings is 1. The van der Waals surface area contributed by atoms with Gasteiger partial charge in [-0.25, -0.2) is 8.42 Å². The van der Waals surface area contributed by atoms with Gasteiger partial charge in [0.05, 0.1) is 17.1 Å². The zero-order valence-corrected chi connectivity index (χ0v) is 18.3. The molecule has 2 atom stereocenters. The van der Waals surface area contributed by atoms with Crippen molar-refractivity contribution < 1.29 is 13.2 Å². The number of sulfone groups is 1. The van der Waals surface area contributed by atoms with Crippen LogP contribution in [0.5, 0.6) is 0 Å². The lowest BCUT2D eigenvalue weighted by Crippen LogP contribution is -2.46. The van der Waals surface area contributed by atoms with Crippen molar-refractivity contribution in [1.82, 2.24) is 15.5 Å². The molecule has 2 N–H and O–H groups in total. The summed E-state index contributed by atoms with van der Waals surface area (Å²) in [6.07, 6.45) is 3.68. The van der Waals surface area contributed by atoms with Gasteiger partial charge in [-0.1, -0.05) is 12.1 Å². The molecule has 1 aromatic rings. The molecule has 1 heterocycles. The molecule has 1 fully saturated rings. The topological polar surface area (TPSA) is 83.0 Å². The number of ether oxygens (including phenoxy) is 1. The average molecular weight is 411 g/mol. The summed E-state index contributed by atoms with van der Waals surface area (Å²) in [6, 6.07) is 7.04. The molecule has 0 aromatic heterocycles. The molecule has 1 saturated heterocycles. The summed E-state index contributed by atoms with van der Waals surface area (Å²) in [4.78, 5) is 7.06. The fourth-order valence-electron chi connectivity index (χ4n) is 3.43. The molecule has 0 saturated carbocycles. The zero-order valence-electron chi connectivity index (χ0n) is 17.4. The van der Waals surface area contributed by atoms with Crippen LogP contribution in [0, 0.1) is 0 Å². The maximum Gasteiger partial charge on any atom is 0.190 e. The summed E-state index contributed by atoms with van der Waals surface area (Å²) in [5.74, 6) is 0.788. The van der Waals surface area contributed by atoms with Gasteiger partial charge in [-0.15, -0.1) is 0 Å². The van der Waals surface area contributed by atoms with Crippen LogP contribution in [-0.4, -0.2) is 77.5 Å². The van der Waals surface area contributed by atoms with E-state index in [9.17, 15) is 8.42 Å². The fourth-order valence-corrected chi connectivity index (χ4v) is 4.06. The van der Waals surface area contributed by atoms with E-state index in [1.54, 1.807) is 19.2 Å². The lowest BCUT2D eigenvalue weighted by Gasteiger charge is -2.35. The van der Waals surface area contributed by atoms with Crippen molar-refractivity contribution in [2.75, 3.05) is 46.0 Å². The maximum absolute atomic E-state index is 11.5. The maximum atomic E-state index is 11.5. The van der Waals surface area contributed by atoms with Gasteiger partial charge in [0, 0.05) is 46.0 Å². The second kappa shape index (κ2) is 10.8. The Morgan fingerprint density at radius 3 is 2.32 bits per heavy atom. The van der Waals surface area contributed by atoms with Crippen molar-refractivity contribution in [2.24, 2.45) is 4.99 Å². The third-order valence-electron chi connectivity index (χ3n) is 4.72. The van der Waals surface area contributed by atoms with E-state index in [1.807, 2.05) is 12.1 Å². The minimum Gasteiger partial charge on any atom is -0.373 e. The van der Waals surface area contributed by atoms with Crippen molar-refractivity contribution in [3.63, 3.8) is 0 Å². The van der Waals surface area contributed by atoms with Crippen molar-refractivity contribution >= 4 is 15.8 Å². The number of nitrogens with zero attached hydrogens (tertiary/aromatic N) is 2. The second-order valence-electron chi connectivity index (χ2n) is 7.46. The summed E-state index contributed by atoms with van der Waals surface area (Å²) in [5.41, 5.74) is 1.09. The van der Waals surface area contributed by atoms with Gasteiger partial charge < -0.3 is 15.4 Å². The standard InChI is InChI=1S/C20H34N4O3S/c1-16-14-24(15-17(2)27-16)13-5-11-22-20(21-3)23-12-10-18-6-8-19(9-7-18)28(4,25)26/h6-9,16-17H,5,10-15H2,1-4H3,(H2,21,22,23). The van der Waals surface area contributed by atoms with Gasteiger partial charge in [0.15, 0.2) is 15.8 Å². The van der Waals surface area contributed by atoms with Crippen LogP contribution in [0.4, 0.5) is 0 Å². The number of hydrogen-bond donors (Lipinski definition) is 2. The summed E-state index contributed by atoms with van der Waals surface area (Å²) < 4.78 is 28.8. The van der Waals surface area contributed by atoms with Gasteiger partial charge >= 0.3 is 0 Å². The highest BCUT2D eigenvalue weighted by Crippen LogP contribution is 2.11. The molecule has 7 nitrogen and oxygen atoms in total. The third-order valence-corrected chi connectivity index (χ3v) is 5.85. The molecule has 1 aromatic carbocycles. The number of aliphatic imine (C=N–C) groups is 1. The number of benzene rings is 1. The Morgan fingerprint density at radius 1 is 1.14 bits per heavy atom. The number of guanidine groups is 1. The minimum atomic E-state index is -3.14. The van der Waals surface area contributed by atoms with Gasteiger partial charge in [-0.05, 0) is 44.4 Å². The summed E-state index contributed by atoms with van der Waals surface area (Å²) in [6.45, 7) is 8.89. The first-order valence-corrected chi connectivity index (χ1v) is 11.8. The molecule has 158 valence electrons. The van der Waals surface area contributed by atoms with Gasteiger partial charge in [-0.3, -0.25) is 9.89 Å². The van der Waals surface area contributed by atoms with Crippen molar-refractivity contribution in [2.45, 2.75) is 43.8 Å². The first kappa shape index (κ1) is 22.6. The molecular weight excluding hydrogens is 376 g/mol. The summed E-state index contributed by atoms with van der Waals surface area (Å²) in [5, 5.41) is 6.65. The van der Waals surface area contributed by atoms with E-state index in [1.165, 1.54) is 6.26 Å². The first-order chi connectivity index (χ1) is 13.3. The molecule has 0 amide bonds. The molecule has 0 radical (unpaired) electrons. The van der Waals surface area contributed by atoms with Crippen LogP contribution >= 0.6 is 0 Å². The van der Waals surface area contributed by atoms with Gasteiger partial charge in [0.2, 0.25) is 0 Å². The highest BCUT2D eigenvalue weighted by molar-refractivity contribution is 7.90.